The van der Waals surface area contributed by atoms with Gasteiger partial charge in [0.15, 0.2) is 0 Å². The first kappa shape index (κ1) is 14.8. The molecule has 19 heavy (non-hydrogen) atoms. The molecule has 6 heteroatoms. The number of hydrogen-bond donors (Lipinski definition) is 2. The van der Waals surface area contributed by atoms with E-state index in [2.05, 4.69) is 5.32 Å². The summed E-state index contributed by atoms with van der Waals surface area (Å²) in [5.74, 6) is 2.10. The summed E-state index contributed by atoms with van der Waals surface area (Å²) in [5, 5.41) is 11.9. The maximum absolute atomic E-state index is 12.2. The van der Waals surface area contributed by atoms with Crippen molar-refractivity contribution in [3.05, 3.63) is 21.4 Å². The van der Waals surface area contributed by atoms with Gasteiger partial charge in [0.05, 0.1) is 17.5 Å². The van der Waals surface area contributed by atoms with E-state index in [1.54, 1.807) is 18.4 Å². The van der Waals surface area contributed by atoms with Crippen LogP contribution in [0.25, 0.3) is 0 Å². The molecule has 1 aliphatic rings. The minimum absolute atomic E-state index is 0.0475. The van der Waals surface area contributed by atoms with Crippen molar-refractivity contribution in [1.82, 2.24) is 5.32 Å². The Morgan fingerprint density at radius 2 is 2.47 bits per heavy atom. The van der Waals surface area contributed by atoms with Gasteiger partial charge in [-0.2, -0.15) is 11.8 Å². The van der Waals surface area contributed by atoms with Gasteiger partial charge in [-0.25, -0.2) is 0 Å². The minimum atomic E-state index is -0.129. The summed E-state index contributed by atoms with van der Waals surface area (Å²) in [7, 11) is 1.59. The molecule has 0 radical (unpaired) electrons. The number of rotatable bonds is 6. The number of amides is 1. The van der Waals surface area contributed by atoms with Gasteiger partial charge in [-0.05, 0) is 30.2 Å². The molecule has 0 aliphatic carbocycles. The van der Waals surface area contributed by atoms with E-state index in [0.717, 1.165) is 22.8 Å². The lowest BCUT2D eigenvalue weighted by Gasteiger charge is -2.16. The molecule has 2 N–H and O–H groups in total. The first-order valence-corrected chi connectivity index (χ1v) is 8.31. The van der Waals surface area contributed by atoms with Crippen LogP contribution < -0.4 is 5.32 Å². The number of carbonyl (C=O) groups is 1. The Morgan fingerprint density at radius 3 is 3.16 bits per heavy atom. The Morgan fingerprint density at radius 1 is 1.63 bits per heavy atom. The van der Waals surface area contributed by atoms with Gasteiger partial charge in [-0.15, -0.1) is 11.3 Å². The molecule has 0 saturated carbocycles. The second-order valence-electron chi connectivity index (χ2n) is 4.50. The molecule has 1 aliphatic heterocycles. The summed E-state index contributed by atoms with van der Waals surface area (Å²) in [6.07, 6.45) is 1.58. The van der Waals surface area contributed by atoms with Gasteiger partial charge in [0, 0.05) is 24.3 Å². The average molecular weight is 301 g/mol. The Balaban J connectivity index is 2.00. The molecule has 0 fully saturated rings. The number of aliphatic hydroxyl groups excluding tert-OH is 1. The van der Waals surface area contributed by atoms with E-state index in [4.69, 9.17) is 9.84 Å². The standard InChI is InChI=1S/C13H19NO3S2/c1-17-7-10(2-4-15)14-13(16)12-6-9-8-18-5-3-11(9)19-12/h6,10,15H,2-5,7-8H2,1H3,(H,14,16). The van der Waals surface area contributed by atoms with Crippen LogP contribution in [0.15, 0.2) is 6.07 Å². The molecule has 0 saturated heterocycles. The van der Waals surface area contributed by atoms with Crippen LogP contribution in [0.4, 0.5) is 0 Å². The van der Waals surface area contributed by atoms with E-state index in [-0.39, 0.29) is 18.6 Å². The first-order chi connectivity index (χ1) is 9.24. The van der Waals surface area contributed by atoms with E-state index in [1.165, 1.54) is 10.4 Å². The number of methoxy groups -OCH3 is 1. The molecular weight excluding hydrogens is 282 g/mol. The van der Waals surface area contributed by atoms with Crippen LogP contribution in [-0.2, 0) is 16.9 Å². The highest BCUT2D eigenvalue weighted by Gasteiger charge is 2.19. The normalized spacial score (nSPS) is 15.9. The largest absolute Gasteiger partial charge is 0.396 e. The highest BCUT2D eigenvalue weighted by molar-refractivity contribution is 7.98. The van der Waals surface area contributed by atoms with Crippen LogP contribution in [0.2, 0.25) is 0 Å². The summed E-state index contributed by atoms with van der Waals surface area (Å²) in [6.45, 7) is 0.471. The van der Waals surface area contributed by atoms with Crippen LogP contribution in [-0.4, -0.2) is 43.1 Å². The van der Waals surface area contributed by atoms with Crippen LogP contribution in [0.1, 0.15) is 26.5 Å². The third-order valence-corrected chi connectivity index (χ3v) is 5.28. The van der Waals surface area contributed by atoms with Gasteiger partial charge < -0.3 is 15.2 Å². The Hall–Kier alpha value is -0.560. The summed E-state index contributed by atoms with van der Waals surface area (Å²) < 4.78 is 5.05. The maximum Gasteiger partial charge on any atom is 0.261 e. The van der Waals surface area contributed by atoms with Crippen LogP contribution in [0.5, 0.6) is 0 Å². The molecular formula is C13H19NO3S2. The summed E-state index contributed by atoms with van der Waals surface area (Å²) in [6, 6.07) is 1.88. The fraction of sp³-hybridized carbons (Fsp3) is 0.615. The minimum Gasteiger partial charge on any atom is -0.396 e. The summed E-state index contributed by atoms with van der Waals surface area (Å²) in [5.41, 5.74) is 1.30. The van der Waals surface area contributed by atoms with Gasteiger partial charge in [0.25, 0.3) is 5.91 Å². The smallest absolute Gasteiger partial charge is 0.261 e. The predicted octanol–water partition coefficient (Wildman–Crippen LogP) is 1.66. The fourth-order valence-electron chi connectivity index (χ4n) is 2.07. The molecule has 2 heterocycles. The van der Waals surface area contributed by atoms with E-state index >= 15 is 0 Å². The maximum atomic E-state index is 12.2. The zero-order chi connectivity index (χ0) is 13.7. The number of fused-ring (bicyclic) bond motifs is 1. The van der Waals surface area contributed by atoms with Crippen molar-refractivity contribution in [2.24, 2.45) is 0 Å². The molecule has 0 bridgehead atoms. The Kier molecular flexibility index (Phi) is 5.69. The molecule has 1 aromatic rings. The number of aliphatic hydroxyl groups is 1. The number of thiophene rings is 1. The third-order valence-electron chi connectivity index (χ3n) is 3.03. The Labute approximate surface area is 121 Å². The quantitative estimate of drug-likeness (QED) is 0.839. The van der Waals surface area contributed by atoms with Crippen molar-refractivity contribution in [3.8, 4) is 0 Å². The highest BCUT2D eigenvalue weighted by atomic mass is 32.2. The first-order valence-electron chi connectivity index (χ1n) is 6.34. The second kappa shape index (κ2) is 7.28. The molecule has 2 rings (SSSR count). The molecule has 4 nitrogen and oxygen atoms in total. The number of carbonyl (C=O) groups excluding carboxylic acids is 1. The van der Waals surface area contributed by atoms with Crippen molar-refractivity contribution >= 4 is 29.0 Å². The number of thioether (sulfide) groups is 1. The lowest BCUT2D eigenvalue weighted by Crippen LogP contribution is -2.38. The SMILES string of the molecule is COCC(CCO)NC(=O)c1cc2c(s1)CCSC2. The Bertz CT molecular complexity index is 404. The van der Waals surface area contributed by atoms with E-state index in [1.807, 2.05) is 17.8 Å². The number of ether oxygens (including phenoxy) is 1. The number of nitrogens with one attached hydrogen (secondary N) is 1. The zero-order valence-corrected chi connectivity index (χ0v) is 12.6. The van der Waals surface area contributed by atoms with E-state index < -0.39 is 0 Å². The van der Waals surface area contributed by atoms with Crippen molar-refractivity contribution in [2.45, 2.75) is 24.6 Å². The number of aryl methyl sites for hydroxylation is 1. The van der Waals surface area contributed by atoms with Crippen molar-refractivity contribution in [3.63, 3.8) is 0 Å². The van der Waals surface area contributed by atoms with Crippen molar-refractivity contribution in [2.75, 3.05) is 26.1 Å². The van der Waals surface area contributed by atoms with Gasteiger partial charge in [0.1, 0.15) is 0 Å². The van der Waals surface area contributed by atoms with Crippen LogP contribution in [0, 0.1) is 0 Å². The third kappa shape index (κ3) is 3.95. The van der Waals surface area contributed by atoms with Crippen LogP contribution in [0.3, 0.4) is 0 Å². The average Bonchev–Trinajstić information content (AvgIpc) is 2.83. The second-order valence-corrected chi connectivity index (χ2v) is 6.74. The zero-order valence-electron chi connectivity index (χ0n) is 11.0. The van der Waals surface area contributed by atoms with Gasteiger partial charge in [-0.1, -0.05) is 0 Å². The molecule has 106 valence electrons. The topological polar surface area (TPSA) is 58.6 Å². The molecule has 0 spiro atoms. The van der Waals surface area contributed by atoms with Gasteiger partial charge in [0.2, 0.25) is 0 Å². The van der Waals surface area contributed by atoms with E-state index in [0.29, 0.717) is 13.0 Å². The fourth-order valence-corrected chi connectivity index (χ4v) is 4.35. The van der Waals surface area contributed by atoms with Crippen molar-refractivity contribution in [1.29, 1.82) is 0 Å². The molecule has 0 aromatic carbocycles. The number of hydrogen-bond acceptors (Lipinski definition) is 5. The lowest BCUT2D eigenvalue weighted by atomic mass is 10.2. The molecule has 1 amide bonds. The monoisotopic (exact) mass is 301 g/mol. The van der Waals surface area contributed by atoms with Crippen molar-refractivity contribution < 1.29 is 14.6 Å². The lowest BCUT2D eigenvalue weighted by molar-refractivity contribution is 0.0882. The highest BCUT2D eigenvalue weighted by Crippen LogP contribution is 2.31. The van der Waals surface area contributed by atoms with Gasteiger partial charge in [-0.3, -0.25) is 4.79 Å². The molecule has 1 unspecified atom stereocenters. The molecule has 1 aromatic heterocycles. The predicted molar refractivity (Wildman–Crippen MR) is 79.0 cm³/mol. The van der Waals surface area contributed by atoms with Gasteiger partial charge >= 0.3 is 0 Å². The summed E-state index contributed by atoms with van der Waals surface area (Å²) >= 11 is 3.51. The molecule has 1 atom stereocenters. The van der Waals surface area contributed by atoms with Crippen LogP contribution >= 0.6 is 23.1 Å². The summed E-state index contributed by atoms with van der Waals surface area (Å²) in [4.78, 5) is 14.3. The van der Waals surface area contributed by atoms with E-state index in [9.17, 15) is 4.79 Å².